The number of ether oxygens (including phenoxy) is 2. The van der Waals surface area contributed by atoms with Crippen LogP contribution in [-0.4, -0.2) is 29.0 Å². The second-order valence-corrected chi connectivity index (χ2v) is 6.33. The Kier molecular flexibility index (Phi) is 3.10. The molecule has 0 bridgehead atoms. The van der Waals surface area contributed by atoms with Crippen molar-refractivity contribution in [3.8, 4) is 0 Å². The van der Waals surface area contributed by atoms with E-state index in [1.807, 2.05) is 11.8 Å². The molecule has 2 aliphatic rings. The lowest BCUT2D eigenvalue weighted by molar-refractivity contribution is 0.0668. The molecule has 0 aromatic carbocycles. The molecule has 2 aliphatic heterocycles. The van der Waals surface area contributed by atoms with E-state index in [-0.39, 0.29) is 4.93 Å². The Bertz CT molecular complexity index is 201. The lowest BCUT2D eigenvalue weighted by atomic mass is 10.2. The largest absolute Gasteiger partial charge is 0.374 e. The summed E-state index contributed by atoms with van der Waals surface area (Å²) in [5, 5.41) is 0.619. The van der Waals surface area contributed by atoms with Gasteiger partial charge in [0.1, 0.15) is 4.93 Å². The molecular formula is C11H20O2S. The van der Waals surface area contributed by atoms with Gasteiger partial charge < -0.3 is 9.47 Å². The van der Waals surface area contributed by atoms with Crippen molar-refractivity contribution >= 4 is 11.8 Å². The first kappa shape index (κ1) is 10.8. The molecule has 0 amide bonds. The van der Waals surface area contributed by atoms with Crippen LogP contribution in [0.15, 0.2) is 0 Å². The minimum Gasteiger partial charge on any atom is -0.374 e. The molecule has 2 nitrogen and oxygen atoms in total. The molecule has 0 saturated carbocycles. The minimum atomic E-state index is 0.0619. The molecule has 0 radical (unpaired) electrons. The minimum absolute atomic E-state index is 0.0619. The van der Waals surface area contributed by atoms with Crippen molar-refractivity contribution in [3.63, 3.8) is 0 Å². The lowest BCUT2D eigenvalue weighted by Gasteiger charge is -2.27. The summed E-state index contributed by atoms with van der Waals surface area (Å²) in [4.78, 5) is 0.0619. The molecule has 2 saturated heterocycles. The molecule has 0 aromatic heterocycles. The zero-order valence-corrected chi connectivity index (χ0v) is 10.1. The third-order valence-electron chi connectivity index (χ3n) is 3.12. The van der Waals surface area contributed by atoms with Crippen LogP contribution in [0, 0.1) is 0 Å². The summed E-state index contributed by atoms with van der Waals surface area (Å²) in [5.41, 5.74) is 0. The molecule has 4 atom stereocenters. The van der Waals surface area contributed by atoms with Gasteiger partial charge in [-0.05, 0) is 40.0 Å². The van der Waals surface area contributed by atoms with Crippen molar-refractivity contribution in [1.29, 1.82) is 0 Å². The summed E-state index contributed by atoms with van der Waals surface area (Å²) >= 11 is 1.98. The summed E-state index contributed by atoms with van der Waals surface area (Å²) in [6.45, 7) is 7.50. The Labute approximate surface area is 90.7 Å². The Morgan fingerprint density at radius 1 is 1.36 bits per heavy atom. The Morgan fingerprint density at radius 2 is 2.14 bits per heavy atom. The maximum atomic E-state index is 5.79. The van der Waals surface area contributed by atoms with Crippen molar-refractivity contribution in [2.45, 2.75) is 62.4 Å². The van der Waals surface area contributed by atoms with E-state index in [9.17, 15) is 0 Å². The van der Waals surface area contributed by atoms with Crippen LogP contribution in [0.5, 0.6) is 0 Å². The second-order valence-electron chi connectivity index (χ2n) is 4.63. The Morgan fingerprint density at radius 3 is 2.64 bits per heavy atom. The van der Waals surface area contributed by atoms with Crippen molar-refractivity contribution in [3.05, 3.63) is 0 Å². The predicted octanol–water partition coefficient (Wildman–Crippen LogP) is 2.81. The van der Waals surface area contributed by atoms with Crippen LogP contribution in [0.2, 0.25) is 0 Å². The quantitative estimate of drug-likeness (QED) is 0.707. The van der Waals surface area contributed by atoms with Crippen LogP contribution in [0.3, 0.4) is 0 Å². The normalized spacial score (nSPS) is 48.6. The fourth-order valence-electron chi connectivity index (χ4n) is 2.34. The summed E-state index contributed by atoms with van der Waals surface area (Å²) in [5.74, 6) is 0. The van der Waals surface area contributed by atoms with Gasteiger partial charge in [-0.25, -0.2) is 0 Å². The molecule has 0 aromatic rings. The summed E-state index contributed by atoms with van der Waals surface area (Å²) in [6, 6.07) is 0. The van der Waals surface area contributed by atoms with E-state index in [1.165, 1.54) is 19.3 Å². The molecule has 14 heavy (non-hydrogen) atoms. The number of rotatable bonds is 2. The highest BCUT2D eigenvalue weighted by Gasteiger charge is 2.39. The molecule has 2 fully saturated rings. The van der Waals surface area contributed by atoms with Gasteiger partial charge in [0.2, 0.25) is 0 Å². The van der Waals surface area contributed by atoms with E-state index in [1.54, 1.807) is 0 Å². The maximum absolute atomic E-state index is 5.79. The van der Waals surface area contributed by atoms with E-state index in [0.717, 1.165) is 6.61 Å². The van der Waals surface area contributed by atoms with E-state index in [0.29, 0.717) is 17.5 Å². The van der Waals surface area contributed by atoms with Gasteiger partial charge in [-0.2, -0.15) is 0 Å². The first-order valence-electron chi connectivity index (χ1n) is 5.56. The molecule has 4 unspecified atom stereocenters. The zero-order valence-electron chi connectivity index (χ0n) is 9.29. The van der Waals surface area contributed by atoms with Crippen LogP contribution >= 0.6 is 11.8 Å². The highest BCUT2D eigenvalue weighted by atomic mass is 32.2. The predicted molar refractivity (Wildman–Crippen MR) is 59.6 cm³/mol. The average Bonchev–Trinajstić information content (AvgIpc) is 2.61. The molecule has 0 N–H and O–H groups in total. The number of thioether (sulfide) groups is 1. The van der Waals surface area contributed by atoms with Crippen molar-refractivity contribution in [1.82, 2.24) is 0 Å². The topological polar surface area (TPSA) is 18.5 Å². The smallest absolute Gasteiger partial charge is 0.111 e. The van der Waals surface area contributed by atoms with Gasteiger partial charge in [-0.15, -0.1) is 11.8 Å². The van der Waals surface area contributed by atoms with Crippen molar-refractivity contribution < 1.29 is 9.47 Å². The fourth-order valence-corrected chi connectivity index (χ4v) is 4.02. The molecule has 82 valence electrons. The van der Waals surface area contributed by atoms with E-state index >= 15 is 0 Å². The first-order chi connectivity index (χ1) is 6.59. The van der Waals surface area contributed by atoms with E-state index < -0.39 is 0 Å². The Balaban J connectivity index is 1.90. The third-order valence-corrected chi connectivity index (χ3v) is 4.82. The first-order valence-corrected chi connectivity index (χ1v) is 6.44. The van der Waals surface area contributed by atoms with Gasteiger partial charge in [0.25, 0.3) is 0 Å². The van der Waals surface area contributed by atoms with Crippen molar-refractivity contribution in [2.75, 3.05) is 6.61 Å². The SMILES string of the molecule is CC1CC(SC2(C)CCCO2)C(C)O1. The Hall–Kier alpha value is 0.270. The second kappa shape index (κ2) is 4.03. The van der Waals surface area contributed by atoms with Crippen LogP contribution in [0.25, 0.3) is 0 Å². The van der Waals surface area contributed by atoms with Gasteiger partial charge in [0, 0.05) is 11.9 Å². The molecule has 2 heterocycles. The fraction of sp³-hybridized carbons (Fsp3) is 1.00. The highest BCUT2D eigenvalue weighted by molar-refractivity contribution is 8.01. The molecular weight excluding hydrogens is 196 g/mol. The van der Waals surface area contributed by atoms with Gasteiger partial charge in [0.15, 0.2) is 0 Å². The van der Waals surface area contributed by atoms with E-state index in [2.05, 4.69) is 20.8 Å². The van der Waals surface area contributed by atoms with Crippen molar-refractivity contribution in [2.24, 2.45) is 0 Å². The highest BCUT2D eigenvalue weighted by Crippen LogP contribution is 2.43. The van der Waals surface area contributed by atoms with E-state index in [4.69, 9.17) is 9.47 Å². The third kappa shape index (κ3) is 2.26. The monoisotopic (exact) mass is 216 g/mol. The standard InChI is InChI=1S/C11H20O2S/c1-8-7-10(9(2)13-8)14-11(3)5-4-6-12-11/h8-10H,4-7H2,1-3H3. The van der Waals surface area contributed by atoms with Crippen LogP contribution in [-0.2, 0) is 9.47 Å². The summed E-state index contributed by atoms with van der Waals surface area (Å²) in [7, 11) is 0. The summed E-state index contributed by atoms with van der Waals surface area (Å²) < 4.78 is 11.5. The van der Waals surface area contributed by atoms with Crippen LogP contribution in [0.1, 0.15) is 40.0 Å². The molecule has 0 spiro atoms. The zero-order chi connectivity index (χ0) is 10.2. The maximum Gasteiger partial charge on any atom is 0.111 e. The lowest BCUT2D eigenvalue weighted by Crippen LogP contribution is -2.25. The molecule has 0 aliphatic carbocycles. The van der Waals surface area contributed by atoms with Gasteiger partial charge in [0.05, 0.1) is 12.2 Å². The summed E-state index contributed by atoms with van der Waals surface area (Å²) in [6.07, 6.45) is 4.38. The van der Waals surface area contributed by atoms with Gasteiger partial charge >= 0.3 is 0 Å². The molecule has 3 heteroatoms. The van der Waals surface area contributed by atoms with Crippen LogP contribution in [0.4, 0.5) is 0 Å². The molecule has 2 rings (SSSR count). The van der Waals surface area contributed by atoms with Gasteiger partial charge in [-0.1, -0.05) is 0 Å². The number of hydrogen-bond donors (Lipinski definition) is 0. The van der Waals surface area contributed by atoms with Crippen LogP contribution < -0.4 is 0 Å². The average molecular weight is 216 g/mol. The van der Waals surface area contributed by atoms with Gasteiger partial charge in [-0.3, -0.25) is 0 Å². The number of hydrogen-bond acceptors (Lipinski definition) is 3.